The molecule has 0 saturated heterocycles. The Labute approximate surface area is 122 Å². The average molecular weight is 351 g/mol. The summed E-state index contributed by atoms with van der Waals surface area (Å²) in [7, 11) is 0. The van der Waals surface area contributed by atoms with E-state index in [-0.39, 0.29) is 11.4 Å². The highest BCUT2D eigenvalue weighted by Gasteiger charge is 2.23. The molecule has 0 bridgehead atoms. The highest BCUT2D eigenvalue weighted by molar-refractivity contribution is 9.09. The van der Waals surface area contributed by atoms with Crippen LogP contribution in [-0.4, -0.2) is 22.2 Å². The van der Waals surface area contributed by atoms with Gasteiger partial charge in [0.1, 0.15) is 5.82 Å². The zero-order valence-corrected chi connectivity index (χ0v) is 12.2. The summed E-state index contributed by atoms with van der Waals surface area (Å²) in [5.41, 5.74) is -1.71. The molecule has 20 heavy (non-hydrogen) atoms. The predicted octanol–water partition coefficient (Wildman–Crippen LogP) is 3.17. The lowest BCUT2D eigenvalue weighted by molar-refractivity contribution is -0.387. The molecule has 1 amide bonds. The first-order valence-electron chi connectivity index (χ1n) is 5.88. The molecule has 0 aromatic heterocycles. The first kappa shape index (κ1) is 16.5. The van der Waals surface area contributed by atoms with E-state index in [1.54, 1.807) is 0 Å². The van der Waals surface area contributed by atoms with Crippen molar-refractivity contribution in [3.8, 4) is 0 Å². The Morgan fingerprint density at radius 1 is 1.50 bits per heavy atom. The molecule has 1 atom stereocenters. The first-order valence-corrected chi connectivity index (χ1v) is 6.80. The van der Waals surface area contributed by atoms with Crippen LogP contribution in [0.3, 0.4) is 0 Å². The minimum absolute atomic E-state index is 0.276. The van der Waals surface area contributed by atoms with Gasteiger partial charge in [-0.15, -0.1) is 0 Å². The Balaban J connectivity index is 2.80. The Morgan fingerprint density at radius 3 is 2.70 bits per heavy atom. The molecule has 1 N–H and O–H groups in total. The average Bonchev–Trinajstić information content (AvgIpc) is 2.36. The van der Waals surface area contributed by atoms with Gasteiger partial charge in [0, 0.05) is 11.4 Å². The first-order chi connectivity index (χ1) is 9.32. The van der Waals surface area contributed by atoms with E-state index in [0.717, 1.165) is 6.42 Å². The molecule has 0 radical (unpaired) electrons. The third-order valence-electron chi connectivity index (χ3n) is 2.52. The van der Waals surface area contributed by atoms with Gasteiger partial charge in [0.2, 0.25) is 5.82 Å². The van der Waals surface area contributed by atoms with Gasteiger partial charge in [-0.2, -0.15) is 4.39 Å². The molecule has 1 aromatic carbocycles. The molecule has 0 aliphatic carbocycles. The summed E-state index contributed by atoms with van der Waals surface area (Å²) >= 11 is 3.34. The van der Waals surface area contributed by atoms with E-state index in [1.165, 1.54) is 0 Å². The number of nitro groups is 1. The summed E-state index contributed by atoms with van der Waals surface area (Å²) < 4.78 is 26.9. The smallest absolute Gasteiger partial charge is 0.308 e. The number of benzene rings is 1. The molecule has 0 spiro atoms. The minimum Gasteiger partial charge on any atom is -0.352 e. The van der Waals surface area contributed by atoms with Crippen molar-refractivity contribution >= 4 is 27.5 Å². The van der Waals surface area contributed by atoms with E-state index < -0.39 is 33.7 Å². The van der Waals surface area contributed by atoms with E-state index in [4.69, 9.17) is 0 Å². The number of nitrogens with one attached hydrogen (secondary N) is 1. The molecule has 0 fully saturated rings. The van der Waals surface area contributed by atoms with Gasteiger partial charge >= 0.3 is 5.69 Å². The van der Waals surface area contributed by atoms with Crippen LogP contribution in [0.5, 0.6) is 0 Å². The van der Waals surface area contributed by atoms with Crippen molar-refractivity contribution < 1.29 is 18.5 Å². The number of hydrogen-bond donors (Lipinski definition) is 1. The fraction of sp³-hybridized carbons (Fsp3) is 0.417. The molecule has 1 aromatic rings. The van der Waals surface area contributed by atoms with Gasteiger partial charge in [-0.3, -0.25) is 14.9 Å². The fourth-order valence-corrected chi connectivity index (χ4v) is 1.88. The lowest BCUT2D eigenvalue weighted by Gasteiger charge is -2.07. The summed E-state index contributed by atoms with van der Waals surface area (Å²) in [6.45, 7) is 2.22. The van der Waals surface area contributed by atoms with Gasteiger partial charge in [-0.05, 0) is 18.9 Å². The maximum Gasteiger partial charge on any atom is 0.308 e. The van der Waals surface area contributed by atoms with E-state index in [9.17, 15) is 23.7 Å². The summed E-state index contributed by atoms with van der Waals surface area (Å²) in [4.78, 5) is 21.4. The summed E-state index contributed by atoms with van der Waals surface area (Å²) in [5.74, 6) is -3.23. The summed E-state index contributed by atoms with van der Waals surface area (Å²) in [6.07, 6.45) is 1.45. The van der Waals surface area contributed by atoms with Gasteiger partial charge in [0.05, 0.1) is 16.6 Å². The third kappa shape index (κ3) is 4.52. The zero-order chi connectivity index (χ0) is 15.3. The number of carbonyl (C=O) groups excluding carboxylic acids is 1. The Hall–Kier alpha value is -1.57. The van der Waals surface area contributed by atoms with Crippen molar-refractivity contribution in [1.29, 1.82) is 0 Å². The van der Waals surface area contributed by atoms with Crippen molar-refractivity contribution in [3.63, 3.8) is 0 Å². The van der Waals surface area contributed by atoms with E-state index in [2.05, 4.69) is 21.2 Å². The number of nitro benzene ring substituents is 1. The van der Waals surface area contributed by atoms with Crippen molar-refractivity contribution in [2.24, 2.45) is 0 Å². The van der Waals surface area contributed by atoms with Crippen LogP contribution in [-0.2, 0) is 0 Å². The molecule has 110 valence electrons. The topological polar surface area (TPSA) is 72.2 Å². The maximum atomic E-state index is 13.7. The van der Waals surface area contributed by atoms with E-state index in [1.807, 2.05) is 6.92 Å². The van der Waals surface area contributed by atoms with Gasteiger partial charge < -0.3 is 5.32 Å². The predicted molar refractivity (Wildman–Crippen MR) is 73.0 cm³/mol. The highest BCUT2D eigenvalue weighted by Crippen LogP contribution is 2.22. The number of halogens is 3. The second kappa shape index (κ2) is 7.28. The van der Waals surface area contributed by atoms with Crippen LogP contribution in [0.4, 0.5) is 14.5 Å². The molecule has 1 rings (SSSR count). The molecule has 5 nitrogen and oxygen atoms in total. The maximum absolute atomic E-state index is 13.7. The van der Waals surface area contributed by atoms with Crippen molar-refractivity contribution in [3.05, 3.63) is 39.4 Å². The van der Waals surface area contributed by atoms with Crippen molar-refractivity contribution in [2.45, 2.75) is 24.6 Å². The van der Waals surface area contributed by atoms with E-state index in [0.29, 0.717) is 18.6 Å². The SMILES string of the molecule is CC(Br)CCCNC(=O)c1cc(F)cc([N+](=O)[O-])c1F. The van der Waals surface area contributed by atoms with Gasteiger partial charge in [0.15, 0.2) is 0 Å². The van der Waals surface area contributed by atoms with Crippen molar-refractivity contribution in [2.75, 3.05) is 6.54 Å². The Morgan fingerprint density at radius 2 is 2.15 bits per heavy atom. The van der Waals surface area contributed by atoms with Gasteiger partial charge in [-0.25, -0.2) is 4.39 Å². The van der Waals surface area contributed by atoms with E-state index >= 15 is 0 Å². The molecule has 0 heterocycles. The molecule has 0 aliphatic heterocycles. The van der Waals surface area contributed by atoms with Crippen LogP contribution in [0.25, 0.3) is 0 Å². The van der Waals surface area contributed by atoms with Crippen LogP contribution in [0, 0.1) is 21.7 Å². The number of carbonyl (C=O) groups is 1. The number of hydrogen-bond acceptors (Lipinski definition) is 3. The normalized spacial score (nSPS) is 12.0. The number of alkyl halides is 1. The van der Waals surface area contributed by atoms with Gasteiger partial charge in [-0.1, -0.05) is 22.9 Å². The summed E-state index contributed by atoms with van der Waals surface area (Å²) in [6, 6.07) is 1.09. The zero-order valence-electron chi connectivity index (χ0n) is 10.7. The number of rotatable bonds is 6. The van der Waals surface area contributed by atoms with Crippen LogP contribution in [0.15, 0.2) is 12.1 Å². The largest absolute Gasteiger partial charge is 0.352 e. The molecule has 8 heteroatoms. The van der Waals surface area contributed by atoms with Crippen molar-refractivity contribution in [1.82, 2.24) is 5.32 Å². The second-order valence-electron chi connectivity index (χ2n) is 4.22. The lowest BCUT2D eigenvalue weighted by Crippen LogP contribution is -2.26. The van der Waals surface area contributed by atoms with Crippen LogP contribution in [0.1, 0.15) is 30.1 Å². The lowest BCUT2D eigenvalue weighted by atomic mass is 10.1. The Kier molecular flexibility index (Phi) is 6.00. The fourth-order valence-electron chi connectivity index (χ4n) is 1.55. The number of amides is 1. The molecule has 0 aliphatic rings. The quantitative estimate of drug-likeness (QED) is 0.370. The van der Waals surface area contributed by atoms with Crippen LogP contribution >= 0.6 is 15.9 Å². The highest BCUT2D eigenvalue weighted by atomic mass is 79.9. The van der Waals surface area contributed by atoms with Crippen LogP contribution in [0.2, 0.25) is 0 Å². The van der Waals surface area contributed by atoms with Gasteiger partial charge in [0.25, 0.3) is 5.91 Å². The summed E-state index contributed by atoms with van der Waals surface area (Å²) in [5, 5.41) is 12.9. The molecule has 0 saturated carbocycles. The third-order valence-corrected chi connectivity index (χ3v) is 2.98. The van der Waals surface area contributed by atoms with Crippen LogP contribution < -0.4 is 5.32 Å². The number of nitrogens with zero attached hydrogens (tertiary/aromatic N) is 1. The molecule has 1 unspecified atom stereocenters. The second-order valence-corrected chi connectivity index (χ2v) is 5.79. The minimum atomic E-state index is -1.33. The monoisotopic (exact) mass is 350 g/mol. The molecular formula is C12H13BrF2N2O3. The molecular weight excluding hydrogens is 338 g/mol. The Bertz CT molecular complexity index is 524. The standard InChI is InChI=1S/C12H13BrF2N2O3/c1-7(13)3-2-4-16-12(18)9-5-8(14)6-10(11(9)15)17(19)20/h5-7H,2-4H2,1H3,(H,16,18).